The highest BCUT2D eigenvalue weighted by atomic mass is 16.1. The second-order valence-corrected chi connectivity index (χ2v) is 8.46. The molecule has 0 fully saturated rings. The minimum Gasteiger partial charge on any atom is -0.299 e. The van der Waals surface area contributed by atoms with Crippen LogP contribution < -0.4 is 0 Å². The van der Waals surface area contributed by atoms with Gasteiger partial charge in [0.1, 0.15) is 11.6 Å². The number of fused-ring (bicyclic) bond motifs is 2. The zero-order valence-electron chi connectivity index (χ0n) is 17.0. The molecule has 1 aliphatic rings. The van der Waals surface area contributed by atoms with Gasteiger partial charge in [-0.25, -0.2) is 0 Å². The van der Waals surface area contributed by atoms with Crippen molar-refractivity contribution in [1.29, 1.82) is 0 Å². The Hall–Kier alpha value is -1.52. The molecule has 2 bridgehead atoms. The maximum absolute atomic E-state index is 13.0. The van der Waals surface area contributed by atoms with E-state index in [1.165, 1.54) is 0 Å². The Morgan fingerprint density at radius 2 is 1.88 bits per heavy atom. The molecular weight excluding hydrogens is 326 g/mol. The van der Waals surface area contributed by atoms with Crippen LogP contribution in [0.25, 0.3) is 0 Å². The zero-order chi connectivity index (χ0) is 19.2. The molecule has 5 nitrogen and oxygen atoms in total. The van der Waals surface area contributed by atoms with E-state index in [-0.39, 0.29) is 11.2 Å². The molecule has 2 heterocycles. The highest BCUT2D eigenvalue weighted by Crippen LogP contribution is 2.37. The van der Waals surface area contributed by atoms with Crippen molar-refractivity contribution in [2.45, 2.75) is 98.4 Å². The topological polar surface area (TPSA) is 64.8 Å². The fourth-order valence-corrected chi connectivity index (χ4v) is 4.05. The minimum atomic E-state index is -0.408. The Morgan fingerprint density at radius 1 is 1.12 bits per heavy atom. The van der Waals surface area contributed by atoms with Crippen LogP contribution in [-0.2, 0) is 22.6 Å². The first-order valence-corrected chi connectivity index (χ1v) is 10.3. The Bertz CT molecular complexity index is 625. The van der Waals surface area contributed by atoms with Gasteiger partial charge in [-0.05, 0) is 44.9 Å². The number of ketones is 2. The first-order chi connectivity index (χ1) is 12.3. The van der Waals surface area contributed by atoms with E-state index in [2.05, 4.69) is 24.2 Å². The number of aryl methyl sites for hydroxylation is 2. The minimum absolute atomic E-state index is 0.274. The van der Waals surface area contributed by atoms with Crippen LogP contribution in [0.5, 0.6) is 0 Å². The second-order valence-electron chi connectivity index (χ2n) is 8.46. The third-order valence-corrected chi connectivity index (χ3v) is 6.46. The molecule has 5 heteroatoms. The van der Waals surface area contributed by atoms with Gasteiger partial charge in [0.25, 0.3) is 0 Å². The summed E-state index contributed by atoms with van der Waals surface area (Å²) in [6, 6.07) is 0. The standard InChI is InChI=1S/C21H35N3O2/c1-5-18(25)21(4)13-9-10-17-16-24(23-22-17)15-8-7-12-20(3,6-2)19(26)11-14-21/h16H,5-15H2,1-4H3/t20-,21+/m0/s1. The smallest absolute Gasteiger partial charge is 0.138 e. The van der Waals surface area contributed by atoms with Gasteiger partial charge in [-0.1, -0.05) is 39.3 Å². The molecule has 0 amide bonds. The number of carbonyl (C=O) groups is 2. The Morgan fingerprint density at radius 3 is 2.58 bits per heavy atom. The lowest BCUT2D eigenvalue weighted by Crippen LogP contribution is -2.32. The molecule has 0 N–H and O–H groups in total. The predicted octanol–water partition coefficient (Wildman–Crippen LogP) is 4.54. The van der Waals surface area contributed by atoms with Gasteiger partial charge >= 0.3 is 0 Å². The Balaban J connectivity index is 2.20. The summed E-state index contributed by atoms with van der Waals surface area (Å²) in [6.07, 6.45) is 10.1. The van der Waals surface area contributed by atoms with Crippen molar-refractivity contribution in [3.05, 3.63) is 11.9 Å². The summed E-state index contributed by atoms with van der Waals surface area (Å²) in [5.74, 6) is 0.601. The first-order valence-electron chi connectivity index (χ1n) is 10.3. The van der Waals surface area contributed by atoms with Gasteiger partial charge in [-0.2, -0.15) is 0 Å². The van der Waals surface area contributed by atoms with E-state index in [1.807, 2.05) is 24.7 Å². The van der Waals surface area contributed by atoms with Gasteiger partial charge in [-0.3, -0.25) is 14.3 Å². The molecule has 0 saturated heterocycles. The van der Waals surface area contributed by atoms with Crippen LogP contribution in [0.4, 0.5) is 0 Å². The maximum Gasteiger partial charge on any atom is 0.138 e. The van der Waals surface area contributed by atoms with Crippen molar-refractivity contribution < 1.29 is 9.59 Å². The lowest BCUT2D eigenvalue weighted by Gasteiger charge is -2.31. The molecule has 2 atom stereocenters. The summed E-state index contributed by atoms with van der Waals surface area (Å²) in [7, 11) is 0. The molecule has 0 spiro atoms. The summed E-state index contributed by atoms with van der Waals surface area (Å²) in [5.41, 5.74) is 0.319. The van der Waals surface area contributed by atoms with E-state index in [1.54, 1.807) is 0 Å². The van der Waals surface area contributed by atoms with Crippen LogP contribution in [0.3, 0.4) is 0 Å². The third-order valence-electron chi connectivity index (χ3n) is 6.46. The zero-order valence-corrected chi connectivity index (χ0v) is 17.0. The Labute approximate surface area is 157 Å². The number of hydrogen-bond donors (Lipinski definition) is 0. The summed E-state index contributed by atoms with van der Waals surface area (Å²) in [4.78, 5) is 25.6. The maximum atomic E-state index is 13.0. The predicted molar refractivity (Wildman–Crippen MR) is 103 cm³/mol. The van der Waals surface area contributed by atoms with Crippen LogP contribution in [0, 0.1) is 10.8 Å². The van der Waals surface area contributed by atoms with Gasteiger partial charge in [0.2, 0.25) is 0 Å². The van der Waals surface area contributed by atoms with E-state index in [0.717, 1.165) is 57.2 Å². The van der Waals surface area contributed by atoms with E-state index in [4.69, 9.17) is 0 Å². The normalized spacial score (nSPS) is 29.0. The van der Waals surface area contributed by atoms with Gasteiger partial charge in [0, 0.05) is 36.4 Å². The lowest BCUT2D eigenvalue weighted by molar-refractivity contribution is -0.132. The second kappa shape index (κ2) is 8.92. The van der Waals surface area contributed by atoms with E-state index >= 15 is 0 Å². The average Bonchev–Trinajstić information content (AvgIpc) is 3.09. The molecular formula is C21H35N3O2. The summed E-state index contributed by atoms with van der Waals surface area (Å²) >= 11 is 0. The Kier molecular flexibility index (Phi) is 7.13. The first kappa shape index (κ1) is 20.8. The molecule has 0 unspecified atom stereocenters. The fourth-order valence-electron chi connectivity index (χ4n) is 4.05. The van der Waals surface area contributed by atoms with Crippen molar-refractivity contribution in [2.75, 3.05) is 0 Å². The molecule has 0 radical (unpaired) electrons. The van der Waals surface area contributed by atoms with Crippen LogP contribution in [0.2, 0.25) is 0 Å². The van der Waals surface area contributed by atoms with Crippen LogP contribution in [-0.4, -0.2) is 26.6 Å². The van der Waals surface area contributed by atoms with Crippen molar-refractivity contribution in [1.82, 2.24) is 15.0 Å². The molecule has 0 aromatic carbocycles. The number of hydrogen-bond acceptors (Lipinski definition) is 4. The molecule has 2 rings (SSSR count). The molecule has 1 aromatic rings. The number of rotatable bonds is 3. The highest BCUT2D eigenvalue weighted by Gasteiger charge is 2.35. The van der Waals surface area contributed by atoms with Gasteiger partial charge in [0.05, 0.1) is 5.69 Å². The molecule has 26 heavy (non-hydrogen) atoms. The number of carbonyl (C=O) groups excluding carboxylic acids is 2. The third kappa shape index (κ3) is 5.01. The van der Waals surface area contributed by atoms with E-state index < -0.39 is 5.41 Å². The van der Waals surface area contributed by atoms with Gasteiger partial charge in [-0.15, -0.1) is 5.10 Å². The highest BCUT2D eigenvalue weighted by molar-refractivity contribution is 5.87. The van der Waals surface area contributed by atoms with Crippen LogP contribution in [0.15, 0.2) is 6.20 Å². The molecule has 0 saturated carbocycles. The van der Waals surface area contributed by atoms with Gasteiger partial charge in [0.15, 0.2) is 0 Å². The van der Waals surface area contributed by atoms with Gasteiger partial charge < -0.3 is 0 Å². The molecule has 0 aliphatic carbocycles. The largest absolute Gasteiger partial charge is 0.299 e. The summed E-state index contributed by atoms with van der Waals surface area (Å²) in [5, 5.41) is 8.49. The SMILES string of the molecule is CCC(=O)[C@]1(C)CCCc2cn(nn2)CCCC[C@](C)(CC)C(=O)CC1. The number of aromatic nitrogens is 3. The fraction of sp³-hybridized carbons (Fsp3) is 0.810. The average molecular weight is 362 g/mol. The monoisotopic (exact) mass is 361 g/mol. The van der Waals surface area contributed by atoms with Crippen molar-refractivity contribution >= 4 is 11.6 Å². The lowest BCUT2D eigenvalue weighted by atomic mass is 9.71. The number of Topliss-reactive ketones (excluding diaryl/α,β-unsaturated/α-hetero) is 2. The van der Waals surface area contributed by atoms with Crippen LogP contribution >= 0.6 is 0 Å². The summed E-state index contributed by atoms with van der Waals surface area (Å²) in [6.45, 7) is 9.02. The van der Waals surface area contributed by atoms with Crippen LogP contribution in [0.1, 0.15) is 91.2 Å². The van der Waals surface area contributed by atoms with E-state index in [9.17, 15) is 9.59 Å². The summed E-state index contributed by atoms with van der Waals surface area (Å²) < 4.78 is 1.91. The van der Waals surface area contributed by atoms with Crippen molar-refractivity contribution in [3.8, 4) is 0 Å². The quantitative estimate of drug-likeness (QED) is 0.793. The van der Waals surface area contributed by atoms with Crippen molar-refractivity contribution in [3.63, 3.8) is 0 Å². The molecule has 146 valence electrons. The van der Waals surface area contributed by atoms with Crippen molar-refractivity contribution in [2.24, 2.45) is 10.8 Å². The molecule has 1 aliphatic heterocycles. The van der Waals surface area contributed by atoms with E-state index in [0.29, 0.717) is 25.0 Å². The number of nitrogens with zero attached hydrogens (tertiary/aromatic N) is 3. The molecule has 1 aromatic heterocycles.